The Balaban J connectivity index is 1.74. The van der Waals surface area contributed by atoms with Crippen LogP contribution in [0.1, 0.15) is 37.5 Å². The van der Waals surface area contributed by atoms with Crippen molar-refractivity contribution in [3.8, 4) is 0 Å². The quantitative estimate of drug-likeness (QED) is 0.848. The van der Waals surface area contributed by atoms with Crippen molar-refractivity contribution in [2.75, 3.05) is 13.2 Å². The molecule has 0 bridgehead atoms. The third kappa shape index (κ3) is 1.94. The molecule has 1 unspecified atom stereocenters. The predicted molar refractivity (Wildman–Crippen MR) is 73.0 cm³/mol. The van der Waals surface area contributed by atoms with Gasteiger partial charge in [-0.3, -0.25) is 0 Å². The number of hydrogen-bond donors (Lipinski definition) is 0. The molecule has 0 amide bonds. The van der Waals surface area contributed by atoms with Gasteiger partial charge in [0.05, 0.1) is 0 Å². The highest BCUT2D eigenvalue weighted by atomic mass is 16.5. The Morgan fingerprint density at radius 3 is 3.00 bits per heavy atom. The van der Waals surface area contributed by atoms with Gasteiger partial charge in [0.2, 0.25) is 0 Å². The van der Waals surface area contributed by atoms with Crippen LogP contribution in [0.2, 0.25) is 0 Å². The number of imidazole rings is 1. The van der Waals surface area contributed by atoms with Crippen molar-refractivity contribution in [2.45, 2.75) is 38.1 Å². The number of rotatable bonds is 3. The largest absolute Gasteiger partial charge is 0.381 e. The molecule has 19 heavy (non-hydrogen) atoms. The Morgan fingerprint density at radius 1 is 1.32 bits per heavy atom. The molecule has 1 saturated heterocycles. The molecular weight excluding hydrogens is 238 g/mol. The van der Waals surface area contributed by atoms with Crippen LogP contribution in [0.3, 0.4) is 0 Å². The fourth-order valence-electron chi connectivity index (χ4n) is 3.15. The predicted octanol–water partition coefficient (Wildman–Crippen LogP) is 2.74. The van der Waals surface area contributed by atoms with Crippen molar-refractivity contribution in [1.82, 2.24) is 14.5 Å². The van der Waals surface area contributed by atoms with E-state index in [1.54, 1.807) is 0 Å². The lowest BCUT2D eigenvalue weighted by atomic mass is 9.92. The van der Waals surface area contributed by atoms with Gasteiger partial charge in [0, 0.05) is 31.9 Å². The number of pyridine rings is 1. The summed E-state index contributed by atoms with van der Waals surface area (Å²) in [5, 5.41) is 0. The van der Waals surface area contributed by atoms with Crippen LogP contribution in [-0.4, -0.2) is 27.7 Å². The molecule has 2 fully saturated rings. The third-order valence-electron chi connectivity index (χ3n) is 4.46. The van der Waals surface area contributed by atoms with Gasteiger partial charge in [0.1, 0.15) is 11.3 Å². The summed E-state index contributed by atoms with van der Waals surface area (Å²) in [6.45, 7) is 1.80. The van der Waals surface area contributed by atoms with Crippen LogP contribution in [0.4, 0.5) is 0 Å². The van der Waals surface area contributed by atoms with E-state index in [2.05, 4.69) is 15.6 Å². The van der Waals surface area contributed by atoms with Gasteiger partial charge < -0.3 is 9.30 Å². The minimum atomic E-state index is 0.622. The van der Waals surface area contributed by atoms with Crippen LogP contribution < -0.4 is 0 Å². The zero-order chi connectivity index (χ0) is 12.7. The highest BCUT2D eigenvalue weighted by Crippen LogP contribution is 2.35. The maximum atomic E-state index is 5.49. The van der Waals surface area contributed by atoms with Crippen molar-refractivity contribution < 1.29 is 4.74 Å². The number of ether oxygens (including phenoxy) is 1. The molecule has 4 rings (SSSR count). The minimum absolute atomic E-state index is 0.622. The van der Waals surface area contributed by atoms with Gasteiger partial charge in [-0.15, -0.1) is 0 Å². The van der Waals surface area contributed by atoms with E-state index in [4.69, 9.17) is 9.72 Å². The van der Waals surface area contributed by atoms with Crippen molar-refractivity contribution in [1.29, 1.82) is 0 Å². The van der Waals surface area contributed by atoms with Gasteiger partial charge in [-0.1, -0.05) is 0 Å². The Hall–Kier alpha value is -1.42. The topological polar surface area (TPSA) is 39.9 Å². The fraction of sp³-hybridized carbons (Fsp3) is 0.600. The molecule has 1 saturated carbocycles. The first-order valence-electron chi connectivity index (χ1n) is 7.31. The van der Waals surface area contributed by atoms with Crippen LogP contribution in [0.5, 0.6) is 0 Å². The second-order valence-corrected chi connectivity index (χ2v) is 5.76. The SMILES string of the molecule is c1cnc2c(c1)nc(CC1CCOC1)n2C1CCC1. The highest BCUT2D eigenvalue weighted by molar-refractivity contribution is 5.71. The Morgan fingerprint density at radius 2 is 2.26 bits per heavy atom. The molecule has 2 aromatic heterocycles. The lowest BCUT2D eigenvalue weighted by Crippen LogP contribution is -2.21. The second-order valence-electron chi connectivity index (χ2n) is 5.76. The van der Waals surface area contributed by atoms with E-state index in [1.165, 1.54) is 31.5 Å². The first-order valence-corrected chi connectivity index (χ1v) is 7.31. The van der Waals surface area contributed by atoms with Gasteiger partial charge in [-0.2, -0.15) is 0 Å². The molecular formula is C15H19N3O. The molecule has 100 valence electrons. The monoisotopic (exact) mass is 257 g/mol. The Labute approximate surface area is 112 Å². The van der Waals surface area contributed by atoms with Crippen molar-refractivity contribution in [3.05, 3.63) is 24.2 Å². The van der Waals surface area contributed by atoms with Crippen LogP contribution in [0, 0.1) is 5.92 Å². The lowest BCUT2D eigenvalue weighted by Gasteiger charge is -2.29. The van der Waals surface area contributed by atoms with Gasteiger partial charge in [0.15, 0.2) is 5.65 Å². The van der Waals surface area contributed by atoms with Crippen molar-refractivity contribution in [2.24, 2.45) is 5.92 Å². The number of nitrogens with zero attached hydrogens (tertiary/aromatic N) is 3. The van der Waals surface area contributed by atoms with Crippen LogP contribution in [0.15, 0.2) is 18.3 Å². The zero-order valence-corrected chi connectivity index (χ0v) is 11.1. The molecule has 0 spiro atoms. The molecule has 4 heteroatoms. The van der Waals surface area contributed by atoms with Crippen LogP contribution in [0.25, 0.3) is 11.2 Å². The zero-order valence-electron chi connectivity index (χ0n) is 11.1. The number of aromatic nitrogens is 3. The lowest BCUT2D eigenvalue weighted by molar-refractivity contribution is 0.185. The third-order valence-corrected chi connectivity index (χ3v) is 4.46. The average Bonchev–Trinajstić information content (AvgIpc) is 2.97. The minimum Gasteiger partial charge on any atom is -0.381 e. The molecule has 2 aliphatic rings. The van der Waals surface area contributed by atoms with Gasteiger partial charge in [-0.25, -0.2) is 9.97 Å². The van der Waals surface area contributed by atoms with E-state index in [1.807, 2.05) is 12.3 Å². The molecule has 4 nitrogen and oxygen atoms in total. The van der Waals surface area contributed by atoms with Crippen molar-refractivity contribution in [3.63, 3.8) is 0 Å². The Bertz CT molecular complexity index is 582. The summed E-state index contributed by atoms with van der Waals surface area (Å²) in [5.74, 6) is 1.85. The fourth-order valence-corrected chi connectivity index (χ4v) is 3.15. The normalized spacial score (nSPS) is 23.9. The Kier molecular flexibility index (Phi) is 2.76. The average molecular weight is 257 g/mol. The summed E-state index contributed by atoms with van der Waals surface area (Å²) in [5.41, 5.74) is 2.12. The summed E-state index contributed by atoms with van der Waals surface area (Å²) in [7, 11) is 0. The van der Waals surface area contributed by atoms with E-state index in [0.717, 1.165) is 30.8 Å². The molecule has 0 N–H and O–H groups in total. The molecule has 0 aromatic carbocycles. The second kappa shape index (κ2) is 4.60. The first-order chi connectivity index (χ1) is 9.42. The van der Waals surface area contributed by atoms with Crippen LogP contribution in [-0.2, 0) is 11.2 Å². The van der Waals surface area contributed by atoms with Gasteiger partial charge in [-0.05, 0) is 43.7 Å². The molecule has 1 aliphatic carbocycles. The summed E-state index contributed by atoms with van der Waals surface area (Å²) < 4.78 is 7.89. The van der Waals surface area contributed by atoms with E-state index in [9.17, 15) is 0 Å². The summed E-state index contributed by atoms with van der Waals surface area (Å²) in [6, 6.07) is 4.67. The number of hydrogen-bond acceptors (Lipinski definition) is 3. The van der Waals surface area contributed by atoms with E-state index < -0.39 is 0 Å². The van der Waals surface area contributed by atoms with E-state index in [-0.39, 0.29) is 0 Å². The van der Waals surface area contributed by atoms with Crippen molar-refractivity contribution >= 4 is 11.2 Å². The van der Waals surface area contributed by atoms with E-state index >= 15 is 0 Å². The molecule has 2 aromatic rings. The maximum absolute atomic E-state index is 5.49. The van der Waals surface area contributed by atoms with Gasteiger partial charge in [0.25, 0.3) is 0 Å². The molecule has 1 aliphatic heterocycles. The first kappa shape index (κ1) is 11.4. The maximum Gasteiger partial charge on any atom is 0.160 e. The standard InChI is InChI=1S/C15H19N3O/c1-3-12(4-1)18-14(9-11-6-8-19-10-11)17-13-5-2-7-16-15(13)18/h2,5,7,11-12H,1,3-4,6,8-10H2. The molecule has 1 atom stereocenters. The van der Waals surface area contributed by atoms with E-state index in [0.29, 0.717) is 12.0 Å². The number of fused-ring (bicyclic) bond motifs is 1. The van der Waals surface area contributed by atoms with Crippen LogP contribution >= 0.6 is 0 Å². The smallest absolute Gasteiger partial charge is 0.160 e. The molecule has 0 radical (unpaired) electrons. The summed E-state index contributed by atoms with van der Waals surface area (Å²) in [4.78, 5) is 9.37. The summed E-state index contributed by atoms with van der Waals surface area (Å²) in [6.07, 6.45) is 7.96. The highest BCUT2D eigenvalue weighted by Gasteiger charge is 2.27. The summed E-state index contributed by atoms with van der Waals surface area (Å²) >= 11 is 0. The van der Waals surface area contributed by atoms with Gasteiger partial charge >= 0.3 is 0 Å². The molecule has 3 heterocycles.